The Balaban J connectivity index is 1.61. The maximum Gasteiger partial charge on any atom is 0.262 e. The van der Waals surface area contributed by atoms with Crippen LogP contribution in [0.5, 0.6) is 0 Å². The molecule has 156 valence electrons. The molecule has 0 bridgehead atoms. The Labute approximate surface area is 181 Å². The molecule has 6 heteroatoms. The van der Waals surface area contributed by atoms with Gasteiger partial charge in [-0.2, -0.15) is 0 Å². The summed E-state index contributed by atoms with van der Waals surface area (Å²) < 4.78 is 1.85. The molecule has 3 aromatic rings. The summed E-state index contributed by atoms with van der Waals surface area (Å²) in [5.41, 5.74) is 1.79. The van der Waals surface area contributed by atoms with Crippen molar-refractivity contribution in [3.63, 3.8) is 0 Å². The van der Waals surface area contributed by atoms with Gasteiger partial charge in [-0.05, 0) is 37.5 Å². The number of carbonyl (C=O) groups excluding carboxylic acids is 1. The highest BCUT2D eigenvalue weighted by Gasteiger charge is 2.26. The maximum atomic E-state index is 13.3. The van der Waals surface area contributed by atoms with Crippen molar-refractivity contribution >= 4 is 28.6 Å². The summed E-state index contributed by atoms with van der Waals surface area (Å²) >= 11 is 1.39. The SMILES string of the molecule is C[C@@H](Sc1nc2ccccc2c(=O)n1C1CCCC1)C(=O)N(C)Cc1ccccc1. The largest absolute Gasteiger partial charge is 0.340 e. The second-order valence-corrected chi connectivity index (χ2v) is 9.27. The standard InChI is InChI=1S/C24H27N3O2S/c1-17(22(28)26(2)16-18-10-4-3-5-11-18)30-24-25-21-15-9-8-14-20(21)23(29)27(24)19-12-6-7-13-19/h3-5,8-11,14-15,17,19H,6-7,12-13,16H2,1-2H3/t17-/m1/s1. The number of nitrogens with zero attached hydrogens (tertiary/aromatic N) is 3. The number of hydrogen-bond donors (Lipinski definition) is 0. The number of aromatic nitrogens is 2. The third-order valence-corrected chi connectivity index (χ3v) is 6.79. The average molecular weight is 422 g/mol. The highest BCUT2D eigenvalue weighted by molar-refractivity contribution is 8.00. The van der Waals surface area contributed by atoms with Gasteiger partial charge in [0.15, 0.2) is 5.16 Å². The van der Waals surface area contributed by atoms with E-state index >= 15 is 0 Å². The molecule has 1 heterocycles. The average Bonchev–Trinajstić information content (AvgIpc) is 3.28. The van der Waals surface area contributed by atoms with E-state index in [9.17, 15) is 9.59 Å². The van der Waals surface area contributed by atoms with Crippen LogP contribution >= 0.6 is 11.8 Å². The fourth-order valence-electron chi connectivity index (χ4n) is 4.15. The zero-order chi connectivity index (χ0) is 21.1. The second kappa shape index (κ2) is 9.04. The summed E-state index contributed by atoms with van der Waals surface area (Å²) in [5, 5.41) is 0.966. The Morgan fingerprint density at radius 2 is 1.80 bits per heavy atom. The zero-order valence-electron chi connectivity index (χ0n) is 17.5. The van der Waals surface area contributed by atoms with Crippen molar-refractivity contribution in [2.75, 3.05) is 7.05 Å². The summed E-state index contributed by atoms with van der Waals surface area (Å²) in [4.78, 5) is 32.8. The van der Waals surface area contributed by atoms with Gasteiger partial charge in [0.2, 0.25) is 5.91 Å². The Bertz CT molecular complexity index is 1090. The van der Waals surface area contributed by atoms with Crippen LogP contribution in [0, 0.1) is 0 Å². The zero-order valence-corrected chi connectivity index (χ0v) is 18.3. The topological polar surface area (TPSA) is 55.2 Å². The molecule has 0 radical (unpaired) electrons. The normalized spacial score (nSPS) is 15.4. The van der Waals surface area contributed by atoms with E-state index in [4.69, 9.17) is 4.98 Å². The van der Waals surface area contributed by atoms with Gasteiger partial charge in [0.05, 0.1) is 16.2 Å². The molecular weight excluding hydrogens is 394 g/mol. The van der Waals surface area contributed by atoms with Crippen molar-refractivity contribution in [2.45, 2.75) is 55.6 Å². The Kier molecular flexibility index (Phi) is 6.23. The first-order valence-electron chi connectivity index (χ1n) is 10.5. The molecule has 0 saturated heterocycles. The van der Waals surface area contributed by atoms with Gasteiger partial charge in [0.25, 0.3) is 5.56 Å². The highest BCUT2D eigenvalue weighted by Crippen LogP contribution is 2.33. The van der Waals surface area contributed by atoms with E-state index in [-0.39, 0.29) is 22.8 Å². The minimum Gasteiger partial charge on any atom is -0.340 e. The lowest BCUT2D eigenvalue weighted by Gasteiger charge is -2.23. The van der Waals surface area contributed by atoms with Crippen LogP contribution in [0.2, 0.25) is 0 Å². The van der Waals surface area contributed by atoms with Gasteiger partial charge < -0.3 is 4.90 Å². The second-order valence-electron chi connectivity index (χ2n) is 7.96. The number of fused-ring (bicyclic) bond motifs is 1. The van der Waals surface area contributed by atoms with Gasteiger partial charge in [-0.1, -0.05) is 67.1 Å². The minimum absolute atomic E-state index is 0.00675. The lowest BCUT2D eigenvalue weighted by atomic mass is 10.2. The van der Waals surface area contributed by atoms with Gasteiger partial charge >= 0.3 is 0 Å². The molecule has 30 heavy (non-hydrogen) atoms. The van der Waals surface area contributed by atoms with E-state index in [0.29, 0.717) is 22.6 Å². The molecule has 0 aliphatic heterocycles. The number of hydrogen-bond acceptors (Lipinski definition) is 4. The van der Waals surface area contributed by atoms with E-state index < -0.39 is 0 Å². The molecule has 1 aliphatic carbocycles. The number of amides is 1. The number of benzene rings is 2. The van der Waals surface area contributed by atoms with Crippen molar-refractivity contribution in [3.05, 3.63) is 70.5 Å². The summed E-state index contributed by atoms with van der Waals surface area (Å²) in [6.07, 6.45) is 4.23. The smallest absolute Gasteiger partial charge is 0.262 e. The molecule has 1 atom stereocenters. The lowest BCUT2D eigenvalue weighted by Crippen LogP contribution is -2.34. The molecule has 0 unspecified atom stereocenters. The van der Waals surface area contributed by atoms with Gasteiger partial charge in [0, 0.05) is 19.6 Å². The van der Waals surface area contributed by atoms with E-state index in [1.54, 1.807) is 4.90 Å². The van der Waals surface area contributed by atoms with Crippen molar-refractivity contribution in [1.29, 1.82) is 0 Å². The minimum atomic E-state index is -0.334. The van der Waals surface area contributed by atoms with E-state index in [0.717, 1.165) is 31.2 Å². The van der Waals surface area contributed by atoms with Gasteiger partial charge in [0.1, 0.15) is 0 Å². The van der Waals surface area contributed by atoms with Crippen molar-refractivity contribution < 1.29 is 4.79 Å². The first kappa shape index (κ1) is 20.7. The van der Waals surface area contributed by atoms with Crippen molar-refractivity contribution in [2.24, 2.45) is 0 Å². The molecule has 0 N–H and O–H groups in total. The highest BCUT2D eigenvalue weighted by atomic mass is 32.2. The van der Waals surface area contributed by atoms with Crippen LogP contribution in [0.3, 0.4) is 0 Å². The molecule has 1 aliphatic rings. The molecule has 1 amide bonds. The lowest BCUT2D eigenvalue weighted by molar-refractivity contribution is -0.129. The molecule has 1 fully saturated rings. The summed E-state index contributed by atoms with van der Waals surface area (Å²) in [7, 11) is 1.82. The summed E-state index contributed by atoms with van der Waals surface area (Å²) in [6, 6.07) is 17.6. The van der Waals surface area contributed by atoms with Crippen LogP contribution in [-0.2, 0) is 11.3 Å². The van der Waals surface area contributed by atoms with Gasteiger partial charge in [-0.25, -0.2) is 4.98 Å². The van der Waals surface area contributed by atoms with Crippen LogP contribution in [-0.4, -0.2) is 32.7 Å². The quantitative estimate of drug-likeness (QED) is 0.429. The van der Waals surface area contributed by atoms with E-state index in [1.165, 1.54) is 11.8 Å². The molecule has 1 saturated carbocycles. The third-order valence-electron chi connectivity index (χ3n) is 5.73. The Morgan fingerprint density at radius 1 is 1.13 bits per heavy atom. The van der Waals surface area contributed by atoms with Gasteiger partial charge in [-0.15, -0.1) is 0 Å². The first-order chi connectivity index (χ1) is 14.5. The fraction of sp³-hybridized carbons (Fsp3) is 0.375. The van der Waals surface area contributed by atoms with Crippen molar-refractivity contribution in [3.8, 4) is 0 Å². The molecule has 5 nitrogen and oxygen atoms in total. The number of thioether (sulfide) groups is 1. The monoisotopic (exact) mass is 421 g/mol. The predicted octanol–water partition coefficient (Wildman–Crippen LogP) is 4.65. The van der Waals surface area contributed by atoms with Gasteiger partial charge in [-0.3, -0.25) is 14.2 Å². The van der Waals surface area contributed by atoms with Crippen LogP contribution in [0.15, 0.2) is 64.5 Å². The van der Waals surface area contributed by atoms with E-state index in [2.05, 4.69) is 0 Å². The van der Waals surface area contributed by atoms with Crippen LogP contribution in [0.1, 0.15) is 44.2 Å². The van der Waals surface area contributed by atoms with Crippen LogP contribution in [0.25, 0.3) is 10.9 Å². The molecule has 2 aromatic carbocycles. The Hall–Kier alpha value is -2.60. The Morgan fingerprint density at radius 3 is 2.53 bits per heavy atom. The van der Waals surface area contributed by atoms with E-state index in [1.807, 2.05) is 73.1 Å². The maximum absolute atomic E-state index is 13.3. The number of para-hydroxylation sites is 1. The van der Waals surface area contributed by atoms with Crippen LogP contribution < -0.4 is 5.56 Å². The van der Waals surface area contributed by atoms with Crippen LogP contribution in [0.4, 0.5) is 0 Å². The molecule has 1 aromatic heterocycles. The summed E-state index contributed by atoms with van der Waals surface area (Å²) in [6.45, 7) is 2.46. The third kappa shape index (κ3) is 4.29. The van der Waals surface area contributed by atoms with Crippen molar-refractivity contribution in [1.82, 2.24) is 14.5 Å². The summed E-state index contributed by atoms with van der Waals surface area (Å²) in [5.74, 6) is 0.0317. The molecular formula is C24H27N3O2S. The molecule has 4 rings (SSSR count). The predicted molar refractivity (Wildman–Crippen MR) is 122 cm³/mol. The number of carbonyl (C=O) groups is 1. The number of rotatable bonds is 6. The first-order valence-corrected chi connectivity index (χ1v) is 11.4. The fourth-order valence-corrected chi connectivity index (χ4v) is 5.24. The molecule has 0 spiro atoms.